The quantitative estimate of drug-likeness (QED) is 0.0320. The summed E-state index contributed by atoms with van der Waals surface area (Å²) in [6.45, 7) is 4.90. The van der Waals surface area contributed by atoms with E-state index in [1.807, 2.05) is 6.08 Å². The highest BCUT2D eigenvalue weighted by molar-refractivity contribution is 5.76. The molecule has 0 aromatic carbocycles. The average Bonchev–Trinajstić information content (AvgIpc) is 3.41. The number of rotatable bonds is 63. The second-order valence-electron chi connectivity index (χ2n) is 23.2. The van der Waals surface area contributed by atoms with E-state index in [1.165, 1.54) is 289 Å². The third-order valence-electron chi connectivity index (χ3n) is 15.7. The topological polar surface area (TPSA) is 95.9 Å². The number of carbonyl (C=O) groups is 2. The number of hydrogen-bond acceptors (Lipinski definition) is 5. The minimum Gasteiger partial charge on any atom is -0.466 e. The van der Waals surface area contributed by atoms with E-state index >= 15 is 0 Å². The van der Waals surface area contributed by atoms with E-state index in [0.717, 1.165) is 51.4 Å². The van der Waals surface area contributed by atoms with Crippen molar-refractivity contribution < 1.29 is 24.5 Å². The lowest BCUT2D eigenvalue weighted by Gasteiger charge is -2.20. The van der Waals surface area contributed by atoms with Crippen LogP contribution in [0.3, 0.4) is 0 Å². The lowest BCUT2D eigenvalue weighted by atomic mass is 10.0. The third kappa shape index (κ3) is 61.2. The second kappa shape index (κ2) is 64.6. The Hall–Kier alpha value is -1.92. The van der Waals surface area contributed by atoms with E-state index in [1.54, 1.807) is 6.08 Å². The Labute approximate surface area is 468 Å². The molecule has 0 aliphatic rings. The molecule has 0 rings (SSSR count). The van der Waals surface area contributed by atoms with Gasteiger partial charge in [0.15, 0.2) is 0 Å². The molecule has 0 fully saturated rings. The lowest BCUT2D eigenvalue weighted by molar-refractivity contribution is -0.143. The van der Waals surface area contributed by atoms with Gasteiger partial charge in [0.05, 0.1) is 25.4 Å². The maximum Gasteiger partial charge on any atom is 0.305 e. The van der Waals surface area contributed by atoms with Gasteiger partial charge in [-0.15, -0.1) is 0 Å². The van der Waals surface area contributed by atoms with E-state index in [2.05, 4.69) is 43.5 Å². The summed E-state index contributed by atoms with van der Waals surface area (Å²) in [6, 6.07) is -0.629. The van der Waals surface area contributed by atoms with Crippen LogP contribution in [0.4, 0.5) is 0 Å². The van der Waals surface area contributed by atoms with E-state index < -0.39 is 12.1 Å². The van der Waals surface area contributed by atoms with Gasteiger partial charge in [-0.1, -0.05) is 326 Å². The Morgan fingerprint density at radius 2 is 0.667 bits per heavy atom. The van der Waals surface area contributed by atoms with Crippen molar-refractivity contribution in [2.24, 2.45) is 0 Å². The number of unbranched alkanes of at least 4 members (excludes halogenated alkanes) is 48. The fourth-order valence-electron chi connectivity index (χ4n) is 10.5. The molecule has 75 heavy (non-hydrogen) atoms. The predicted molar refractivity (Wildman–Crippen MR) is 329 cm³/mol. The normalized spacial score (nSPS) is 12.7. The van der Waals surface area contributed by atoms with Crippen molar-refractivity contribution >= 4 is 11.9 Å². The summed E-state index contributed by atoms with van der Waals surface area (Å²) in [4.78, 5) is 24.6. The van der Waals surface area contributed by atoms with Gasteiger partial charge >= 0.3 is 5.97 Å². The minimum atomic E-state index is -0.845. The number of carbonyl (C=O) groups excluding carboxylic acids is 2. The fourth-order valence-corrected chi connectivity index (χ4v) is 10.5. The van der Waals surface area contributed by atoms with Crippen molar-refractivity contribution in [3.05, 3.63) is 36.5 Å². The van der Waals surface area contributed by atoms with Crippen LogP contribution in [0.2, 0.25) is 0 Å². The number of hydrogen-bond donors (Lipinski definition) is 3. The highest BCUT2D eigenvalue weighted by atomic mass is 16.5. The van der Waals surface area contributed by atoms with Crippen LogP contribution < -0.4 is 5.32 Å². The summed E-state index contributed by atoms with van der Waals surface area (Å²) in [6.07, 6.45) is 82.0. The van der Waals surface area contributed by atoms with Crippen LogP contribution in [0.25, 0.3) is 0 Å². The summed E-state index contributed by atoms with van der Waals surface area (Å²) in [5, 5.41) is 23.2. The Morgan fingerprint density at radius 3 is 1.04 bits per heavy atom. The molecule has 6 heteroatoms. The Morgan fingerprint density at radius 1 is 0.373 bits per heavy atom. The first-order valence-electron chi connectivity index (χ1n) is 33.8. The SMILES string of the molecule is CCCCC/C=C\C/C=C\CCCCCCCC(=O)OCCCCCCCCCCCCCCCCCCCCCCCCCC(=O)NC(CO)C(O)/C=C/CCCCCCCCCCCCCCCCCCCC. The molecule has 3 N–H and O–H groups in total. The van der Waals surface area contributed by atoms with Crippen LogP contribution in [-0.2, 0) is 14.3 Å². The summed E-state index contributed by atoms with van der Waals surface area (Å²) < 4.78 is 5.48. The predicted octanol–water partition coefficient (Wildman–Crippen LogP) is 21.5. The van der Waals surface area contributed by atoms with E-state index in [4.69, 9.17) is 4.74 Å². The molecule has 0 aliphatic heterocycles. The van der Waals surface area contributed by atoms with Gasteiger partial charge in [0, 0.05) is 12.8 Å². The molecular weight excluding hydrogens is 923 g/mol. The van der Waals surface area contributed by atoms with Gasteiger partial charge in [0.1, 0.15) is 0 Å². The number of aliphatic hydroxyl groups is 2. The van der Waals surface area contributed by atoms with E-state index in [0.29, 0.717) is 19.4 Å². The second-order valence-corrected chi connectivity index (χ2v) is 23.2. The standard InChI is InChI=1S/C69H131NO5/c1-3-5-7-9-11-13-15-17-19-20-21-27-30-34-37-41-45-49-53-57-61-67(72)66(65-71)70-68(73)62-58-54-50-46-42-38-35-31-28-25-23-22-24-26-29-32-36-40-44-48-52-56-60-64-75-69(74)63-59-55-51-47-43-39-33-18-16-14-12-10-8-6-4-2/h12,14,18,33,57,61,66-67,71-72H,3-11,13,15-17,19-32,34-56,58-60,62-65H2,1-2H3,(H,70,73)/b14-12-,33-18-,61-57+. The van der Waals surface area contributed by atoms with E-state index in [-0.39, 0.29) is 18.5 Å². The molecule has 0 spiro atoms. The zero-order valence-electron chi connectivity index (χ0n) is 50.5. The number of ether oxygens (including phenoxy) is 1. The first-order chi connectivity index (χ1) is 37.0. The first-order valence-corrected chi connectivity index (χ1v) is 33.8. The largest absolute Gasteiger partial charge is 0.466 e. The third-order valence-corrected chi connectivity index (χ3v) is 15.7. The molecule has 1 amide bonds. The number of amides is 1. The number of nitrogens with one attached hydrogen (secondary N) is 1. The molecule has 2 unspecified atom stereocenters. The molecule has 0 saturated heterocycles. The Balaban J connectivity index is 3.41. The van der Waals surface area contributed by atoms with Gasteiger partial charge in [-0.2, -0.15) is 0 Å². The van der Waals surface area contributed by atoms with Crippen LogP contribution >= 0.6 is 0 Å². The molecule has 0 aromatic rings. The average molecular weight is 1050 g/mol. The first kappa shape index (κ1) is 73.1. The van der Waals surface area contributed by atoms with Crippen LogP contribution in [0.15, 0.2) is 36.5 Å². The Kier molecular flexibility index (Phi) is 63.0. The van der Waals surface area contributed by atoms with Crippen molar-refractivity contribution in [3.8, 4) is 0 Å². The van der Waals surface area contributed by atoms with Gasteiger partial charge < -0.3 is 20.3 Å². The number of allylic oxidation sites excluding steroid dienone is 5. The van der Waals surface area contributed by atoms with Crippen molar-refractivity contribution in [2.75, 3.05) is 13.2 Å². The smallest absolute Gasteiger partial charge is 0.305 e. The molecule has 0 radical (unpaired) electrons. The molecule has 0 aliphatic carbocycles. The monoisotopic (exact) mass is 1050 g/mol. The van der Waals surface area contributed by atoms with Crippen molar-refractivity contribution in [1.82, 2.24) is 5.32 Å². The zero-order chi connectivity index (χ0) is 54.3. The van der Waals surface area contributed by atoms with Gasteiger partial charge in [0.25, 0.3) is 0 Å². The summed E-state index contributed by atoms with van der Waals surface area (Å²) in [7, 11) is 0. The molecule has 0 heterocycles. The Bertz CT molecular complexity index is 1210. The van der Waals surface area contributed by atoms with Crippen molar-refractivity contribution in [1.29, 1.82) is 0 Å². The molecule has 6 nitrogen and oxygen atoms in total. The molecule has 0 bridgehead atoms. The van der Waals surface area contributed by atoms with Crippen LogP contribution in [-0.4, -0.2) is 47.4 Å². The highest BCUT2D eigenvalue weighted by Gasteiger charge is 2.18. The molecule has 0 saturated carbocycles. The summed E-state index contributed by atoms with van der Waals surface area (Å²) >= 11 is 0. The molecule has 2 atom stereocenters. The van der Waals surface area contributed by atoms with Crippen molar-refractivity contribution in [2.45, 2.75) is 379 Å². The number of esters is 1. The van der Waals surface area contributed by atoms with Gasteiger partial charge in [-0.05, 0) is 64.2 Å². The minimum absolute atomic E-state index is 0.000242. The maximum absolute atomic E-state index is 12.5. The fraction of sp³-hybridized carbons (Fsp3) is 0.884. The summed E-state index contributed by atoms with van der Waals surface area (Å²) in [5.41, 5.74) is 0. The molecule has 442 valence electrons. The lowest BCUT2D eigenvalue weighted by Crippen LogP contribution is -2.45. The van der Waals surface area contributed by atoms with Gasteiger partial charge in [0.2, 0.25) is 5.91 Å². The summed E-state index contributed by atoms with van der Waals surface area (Å²) in [5.74, 6) is -0.0643. The van der Waals surface area contributed by atoms with E-state index in [9.17, 15) is 19.8 Å². The van der Waals surface area contributed by atoms with Gasteiger partial charge in [-0.25, -0.2) is 0 Å². The molecule has 0 aromatic heterocycles. The highest BCUT2D eigenvalue weighted by Crippen LogP contribution is 2.18. The van der Waals surface area contributed by atoms with Crippen LogP contribution in [0.5, 0.6) is 0 Å². The van der Waals surface area contributed by atoms with Gasteiger partial charge in [-0.3, -0.25) is 9.59 Å². The number of aliphatic hydroxyl groups excluding tert-OH is 2. The van der Waals surface area contributed by atoms with Crippen molar-refractivity contribution in [3.63, 3.8) is 0 Å². The maximum atomic E-state index is 12.5. The molecular formula is C69H131NO5. The van der Waals surface area contributed by atoms with Crippen LogP contribution in [0, 0.1) is 0 Å². The van der Waals surface area contributed by atoms with Crippen LogP contribution in [0.1, 0.15) is 367 Å². The zero-order valence-corrected chi connectivity index (χ0v) is 50.5.